The van der Waals surface area contributed by atoms with E-state index in [1.54, 1.807) is 4.90 Å². The predicted octanol–water partition coefficient (Wildman–Crippen LogP) is 2.56. The van der Waals surface area contributed by atoms with Crippen LogP contribution >= 0.6 is 0 Å². The van der Waals surface area contributed by atoms with Gasteiger partial charge in [0, 0.05) is 39.3 Å². The van der Waals surface area contributed by atoms with Crippen LogP contribution in [0.25, 0.3) is 0 Å². The number of rotatable bonds is 4. The first-order valence-corrected chi connectivity index (χ1v) is 8.68. The third-order valence-electron chi connectivity index (χ3n) is 4.57. The molecule has 0 radical (unpaired) electrons. The zero-order valence-corrected chi connectivity index (χ0v) is 15.8. The maximum atomic E-state index is 12.6. The molecule has 0 bridgehead atoms. The summed E-state index contributed by atoms with van der Waals surface area (Å²) in [4.78, 5) is 24.1. The van der Waals surface area contributed by atoms with Crippen LogP contribution in [0.2, 0.25) is 0 Å². The zero-order chi connectivity index (χ0) is 19.6. The Balaban J connectivity index is 2.24. The van der Waals surface area contributed by atoms with Crippen LogP contribution < -0.4 is 15.1 Å². The summed E-state index contributed by atoms with van der Waals surface area (Å²) in [5.74, 6) is -0.515. The molecular formula is C17H26F3N5O. The summed E-state index contributed by atoms with van der Waals surface area (Å²) in [6.07, 6.45) is -4.21. The fraction of sp³-hybridized carbons (Fsp3) is 0.706. The Bertz CT molecular complexity index is 622. The lowest BCUT2D eigenvalue weighted by Crippen LogP contribution is -2.54. The van der Waals surface area contributed by atoms with Crippen LogP contribution in [-0.4, -0.2) is 55.3 Å². The lowest BCUT2D eigenvalue weighted by Gasteiger charge is -2.38. The molecule has 1 aliphatic rings. The van der Waals surface area contributed by atoms with Gasteiger partial charge in [-0.25, -0.2) is 4.98 Å². The van der Waals surface area contributed by atoms with Crippen molar-refractivity contribution in [2.24, 2.45) is 5.92 Å². The first-order valence-electron chi connectivity index (χ1n) is 8.68. The minimum absolute atomic E-state index is 0.0442. The molecule has 6 nitrogen and oxygen atoms in total. The van der Waals surface area contributed by atoms with Gasteiger partial charge in [-0.2, -0.15) is 18.2 Å². The number of nitrogens with one attached hydrogen (secondary N) is 1. The van der Waals surface area contributed by atoms with Crippen LogP contribution in [0.4, 0.5) is 24.9 Å². The number of nitrogens with zero attached hydrogens (tertiary/aromatic N) is 4. The maximum absolute atomic E-state index is 12.6. The summed E-state index contributed by atoms with van der Waals surface area (Å²) in [6.45, 7) is 6.85. The van der Waals surface area contributed by atoms with Gasteiger partial charge in [0.2, 0.25) is 5.95 Å². The standard InChI is InChI=1S/C17H26F3N5O/c1-10(2)12-8-14(23-16(22-12)24(4)5)25-7-6-11(3)13(9-25)21-15(26)17(18,19)20/h8,10-11,13H,6-7,9H2,1-5H3,(H,21,26). The molecule has 146 valence electrons. The molecule has 9 heteroatoms. The lowest BCUT2D eigenvalue weighted by molar-refractivity contribution is -0.174. The van der Waals surface area contributed by atoms with Gasteiger partial charge in [0.1, 0.15) is 5.82 Å². The van der Waals surface area contributed by atoms with E-state index in [-0.39, 0.29) is 18.4 Å². The van der Waals surface area contributed by atoms with Gasteiger partial charge in [-0.1, -0.05) is 20.8 Å². The van der Waals surface area contributed by atoms with Crippen molar-refractivity contribution in [3.63, 3.8) is 0 Å². The number of carbonyl (C=O) groups excluding carboxylic acids is 1. The molecule has 1 amide bonds. The van der Waals surface area contributed by atoms with Gasteiger partial charge in [0.15, 0.2) is 0 Å². The molecule has 0 aromatic carbocycles. The molecule has 1 aromatic heterocycles. The van der Waals surface area contributed by atoms with Crippen LogP contribution in [0.5, 0.6) is 0 Å². The number of aromatic nitrogens is 2. The molecule has 1 aromatic rings. The van der Waals surface area contributed by atoms with E-state index in [4.69, 9.17) is 0 Å². The molecule has 0 aliphatic carbocycles. The van der Waals surface area contributed by atoms with Gasteiger partial charge in [0.25, 0.3) is 0 Å². The maximum Gasteiger partial charge on any atom is 0.471 e. The first-order chi connectivity index (χ1) is 12.0. The van der Waals surface area contributed by atoms with E-state index in [9.17, 15) is 18.0 Å². The van der Waals surface area contributed by atoms with Crippen LogP contribution in [0.3, 0.4) is 0 Å². The molecule has 0 spiro atoms. The summed E-state index contributed by atoms with van der Waals surface area (Å²) in [5, 5.41) is 2.12. The molecule has 2 unspecified atom stereocenters. The molecular weight excluding hydrogens is 347 g/mol. The van der Waals surface area contributed by atoms with Crippen molar-refractivity contribution in [3.8, 4) is 0 Å². The smallest absolute Gasteiger partial charge is 0.354 e. The van der Waals surface area contributed by atoms with Crippen LogP contribution in [0.15, 0.2) is 6.07 Å². The van der Waals surface area contributed by atoms with Crippen molar-refractivity contribution in [1.29, 1.82) is 0 Å². The fourth-order valence-electron chi connectivity index (χ4n) is 2.81. The van der Waals surface area contributed by atoms with Gasteiger partial charge in [-0.3, -0.25) is 4.79 Å². The van der Waals surface area contributed by atoms with Crippen molar-refractivity contribution >= 4 is 17.7 Å². The van der Waals surface area contributed by atoms with Gasteiger partial charge in [0.05, 0.1) is 5.69 Å². The number of hydrogen-bond acceptors (Lipinski definition) is 5. The molecule has 1 N–H and O–H groups in total. The number of halogens is 3. The van der Waals surface area contributed by atoms with E-state index in [0.29, 0.717) is 24.7 Å². The van der Waals surface area contributed by atoms with E-state index < -0.39 is 18.1 Å². The number of amides is 1. The number of alkyl halides is 3. The molecule has 26 heavy (non-hydrogen) atoms. The highest BCUT2D eigenvalue weighted by Gasteiger charge is 2.41. The number of piperidine rings is 1. The zero-order valence-electron chi connectivity index (χ0n) is 15.8. The Morgan fingerprint density at radius 2 is 2.00 bits per heavy atom. The van der Waals surface area contributed by atoms with Crippen LogP contribution in [-0.2, 0) is 4.79 Å². The first kappa shape index (κ1) is 20.3. The molecule has 1 saturated heterocycles. The minimum atomic E-state index is -4.88. The van der Waals surface area contributed by atoms with Gasteiger partial charge >= 0.3 is 12.1 Å². The SMILES string of the molecule is CC(C)c1cc(N2CCC(C)C(NC(=O)C(F)(F)F)C2)nc(N(C)C)n1. The number of hydrogen-bond donors (Lipinski definition) is 1. The van der Waals surface area contributed by atoms with Gasteiger partial charge < -0.3 is 15.1 Å². The molecule has 2 atom stereocenters. The molecule has 2 rings (SSSR count). The predicted molar refractivity (Wildman–Crippen MR) is 94.4 cm³/mol. The van der Waals surface area contributed by atoms with Crippen molar-refractivity contribution < 1.29 is 18.0 Å². The second-order valence-corrected chi connectivity index (χ2v) is 7.29. The Hall–Kier alpha value is -2.06. The highest BCUT2D eigenvalue weighted by atomic mass is 19.4. The van der Waals surface area contributed by atoms with Gasteiger partial charge in [-0.05, 0) is 18.3 Å². The van der Waals surface area contributed by atoms with Crippen molar-refractivity contribution in [2.75, 3.05) is 37.0 Å². The van der Waals surface area contributed by atoms with Crippen molar-refractivity contribution in [1.82, 2.24) is 15.3 Å². The monoisotopic (exact) mass is 373 g/mol. The highest BCUT2D eigenvalue weighted by Crippen LogP contribution is 2.27. The lowest BCUT2D eigenvalue weighted by atomic mass is 9.93. The average molecular weight is 373 g/mol. The Morgan fingerprint density at radius 1 is 1.35 bits per heavy atom. The average Bonchev–Trinajstić information content (AvgIpc) is 2.55. The van der Waals surface area contributed by atoms with Gasteiger partial charge in [-0.15, -0.1) is 0 Å². The van der Waals surface area contributed by atoms with E-state index >= 15 is 0 Å². The van der Waals surface area contributed by atoms with Crippen LogP contribution in [0, 0.1) is 5.92 Å². The van der Waals surface area contributed by atoms with Crippen molar-refractivity contribution in [2.45, 2.75) is 45.3 Å². The molecule has 1 fully saturated rings. The largest absolute Gasteiger partial charge is 0.471 e. The molecule has 1 aliphatic heterocycles. The van der Waals surface area contributed by atoms with E-state index in [2.05, 4.69) is 15.3 Å². The van der Waals surface area contributed by atoms with Crippen LogP contribution in [0.1, 0.15) is 38.8 Å². The molecule has 0 saturated carbocycles. The normalized spacial score (nSPS) is 21.0. The third kappa shape index (κ3) is 4.76. The Kier molecular flexibility index (Phi) is 5.98. The quantitative estimate of drug-likeness (QED) is 0.879. The molecule has 2 heterocycles. The van der Waals surface area contributed by atoms with E-state index in [1.807, 2.05) is 45.8 Å². The summed E-state index contributed by atoms with van der Waals surface area (Å²) >= 11 is 0. The second-order valence-electron chi connectivity index (χ2n) is 7.29. The van der Waals surface area contributed by atoms with Crippen molar-refractivity contribution in [3.05, 3.63) is 11.8 Å². The van der Waals surface area contributed by atoms with E-state index in [0.717, 1.165) is 5.69 Å². The Labute approximate surface area is 151 Å². The highest BCUT2D eigenvalue weighted by molar-refractivity contribution is 5.82. The summed E-state index contributed by atoms with van der Waals surface area (Å²) < 4.78 is 37.7. The summed E-state index contributed by atoms with van der Waals surface area (Å²) in [7, 11) is 3.68. The van der Waals surface area contributed by atoms with E-state index in [1.165, 1.54) is 0 Å². The summed E-state index contributed by atoms with van der Waals surface area (Å²) in [5.41, 5.74) is 0.869. The third-order valence-corrected chi connectivity index (χ3v) is 4.57. The second kappa shape index (κ2) is 7.67. The fourth-order valence-corrected chi connectivity index (χ4v) is 2.81. The number of carbonyl (C=O) groups is 1. The minimum Gasteiger partial charge on any atom is -0.354 e. The summed E-state index contributed by atoms with van der Waals surface area (Å²) in [6, 6.07) is 1.29. The number of anilines is 2. The topological polar surface area (TPSA) is 61.4 Å². The Morgan fingerprint density at radius 3 is 2.54 bits per heavy atom.